The molecule has 2 N–H and O–H groups in total. The van der Waals surface area contributed by atoms with E-state index in [9.17, 15) is 0 Å². The van der Waals surface area contributed by atoms with Crippen molar-refractivity contribution in [2.75, 3.05) is 32.2 Å². The van der Waals surface area contributed by atoms with Crippen molar-refractivity contribution in [1.29, 1.82) is 0 Å². The molecule has 0 saturated carbocycles. The maximum Gasteiger partial charge on any atom is 0.128 e. The normalized spacial score (nSPS) is 10.1. The molecule has 1 heterocycles. The Labute approximate surface area is 101 Å². The van der Waals surface area contributed by atoms with Gasteiger partial charge in [-0.05, 0) is 18.6 Å². The Balaban J connectivity index is 2.56. The lowest BCUT2D eigenvalue weighted by Gasteiger charge is -2.17. The van der Waals surface area contributed by atoms with Gasteiger partial charge in [0, 0.05) is 39.1 Å². The second kappa shape index (κ2) is 6.40. The Kier molecular flexibility index (Phi) is 5.14. The number of methoxy groups -OCH3 is 1. The van der Waals surface area contributed by atoms with Crippen molar-refractivity contribution in [3.05, 3.63) is 23.9 Å². The molecule has 0 amide bonds. The van der Waals surface area contributed by atoms with Crippen LogP contribution in [-0.4, -0.2) is 37.3 Å². The highest BCUT2D eigenvalue weighted by Gasteiger charge is 2.03. The number of hydrogen-bond acceptors (Lipinski definition) is 4. The van der Waals surface area contributed by atoms with Crippen LogP contribution in [0.4, 0.5) is 5.82 Å². The highest BCUT2D eigenvalue weighted by molar-refractivity contribution is 7.80. The third-order valence-electron chi connectivity index (χ3n) is 2.27. The maximum absolute atomic E-state index is 5.50. The lowest BCUT2D eigenvalue weighted by atomic mass is 10.3. The smallest absolute Gasteiger partial charge is 0.128 e. The molecule has 4 nitrogen and oxygen atoms in total. The number of rotatable bonds is 6. The van der Waals surface area contributed by atoms with Crippen LogP contribution >= 0.6 is 12.2 Å². The minimum Gasteiger partial charge on any atom is -0.389 e. The number of aromatic nitrogens is 1. The highest BCUT2D eigenvalue weighted by atomic mass is 32.1. The number of nitrogens with zero attached hydrogens (tertiary/aromatic N) is 2. The first-order valence-electron chi connectivity index (χ1n) is 5.11. The summed E-state index contributed by atoms with van der Waals surface area (Å²) in [5.74, 6) is 0.913. The van der Waals surface area contributed by atoms with Gasteiger partial charge in [0.15, 0.2) is 0 Å². The molecule has 5 heteroatoms. The topological polar surface area (TPSA) is 51.4 Å². The van der Waals surface area contributed by atoms with Crippen LogP contribution in [0.25, 0.3) is 0 Å². The molecule has 0 aromatic carbocycles. The number of anilines is 1. The van der Waals surface area contributed by atoms with E-state index in [4.69, 9.17) is 22.7 Å². The molecular weight excluding hydrogens is 222 g/mol. The molecular formula is C11H17N3OS. The van der Waals surface area contributed by atoms with E-state index in [2.05, 4.69) is 9.88 Å². The fraction of sp³-hybridized carbons (Fsp3) is 0.455. The Morgan fingerprint density at radius 1 is 1.56 bits per heavy atom. The first-order chi connectivity index (χ1) is 7.65. The van der Waals surface area contributed by atoms with Crippen LogP contribution in [0.2, 0.25) is 0 Å². The summed E-state index contributed by atoms with van der Waals surface area (Å²) in [6.45, 7) is 1.67. The molecule has 1 rings (SSSR count). The fourth-order valence-corrected chi connectivity index (χ4v) is 1.44. The molecule has 0 atom stereocenters. The average Bonchev–Trinajstić information content (AvgIpc) is 2.29. The van der Waals surface area contributed by atoms with Crippen molar-refractivity contribution >= 4 is 23.0 Å². The van der Waals surface area contributed by atoms with Gasteiger partial charge in [-0.15, -0.1) is 0 Å². The average molecular weight is 239 g/mol. The summed E-state index contributed by atoms with van der Waals surface area (Å²) in [6, 6.07) is 3.80. The van der Waals surface area contributed by atoms with Crippen molar-refractivity contribution < 1.29 is 4.74 Å². The van der Waals surface area contributed by atoms with Gasteiger partial charge in [0.2, 0.25) is 0 Å². The first kappa shape index (κ1) is 12.9. The Hall–Kier alpha value is -1.20. The lowest BCUT2D eigenvalue weighted by molar-refractivity contribution is 0.196. The van der Waals surface area contributed by atoms with E-state index in [-0.39, 0.29) is 0 Å². The third kappa shape index (κ3) is 3.75. The Morgan fingerprint density at radius 3 is 2.81 bits per heavy atom. The molecule has 0 unspecified atom stereocenters. The third-order valence-corrected chi connectivity index (χ3v) is 2.50. The van der Waals surface area contributed by atoms with E-state index in [1.54, 1.807) is 13.3 Å². The monoisotopic (exact) mass is 239 g/mol. The van der Waals surface area contributed by atoms with Crippen LogP contribution < -0.4 is 10.6 Å². The van der Waals surface area contributed by atoms with Crippen molar-refractivity contribution in [3.8, 4) is 0 Å². The molecule has 1 aromatic rings. The zero-order valence-corrected chi connectivity index (χ0v) is 10.5. The van der Waals surface area contributed by atoms with Crippen LogP contribution in [0, 0.1) is 0 Å². The first-order valence-corrected chi connectivity index (χ1v) is 5.52. The summed E-state index contributed by atoms with van der Waals surface area (Å²) in [7, 11) is 3.70. The summed E-state index contributed by atoms with van der Waals surface area (Å²) < 4.78 is 5.00. The van der Waals surface area contributed by atoms with E-state index >= 15 is 0 Å². The molecule has 0 aliphatic heterocycles. The Bertz CT molecular complexity index is 340. The molecule has 0 bridgehead atoms. The van der Waals surface area contributed by atoms with Crippen LogP contribution in [0.1, 0.15) is 12.0 Å². The fourth-order valence-electron chi connectivity index (χ4n) is 1.32. The molecule has 0 fully saturated rings. The van der Waals surface area contributed by atoms with Crippen molar-refractivity contribution in [1.82, 2.24) is 4.98 Å². The molecule has 16 heavy (non-hydrogen) atoms. The summed E-state index contributed by atoms with van der Waals surface area (Å²) >= 11 is 4.86. The summed E-state index contributed by atoms with van der Waals surface area (Å²) in [5, 5.41) is 0. The zero-order valence-electron chi connectivity index (χ0n) is 9.64. The van der Waals surface area contributed by atoms with Crippen molar-refractivity contribution in [2.45, 2.75) is 6.42 Å². The zero-order chi connectivity index (χ0) is 12.0. The predicted molar refractivity (Wildman–Crippen MR) is 69.9 cm³/mol. The van der Waals surface area contributed by atoms with Gasteiger partial charge in [-0.3, -0.25) is 0 Å². The van der Waals surface area contributed by atoms with E-state index < -0.39 is 0 Å². The van der Waals surface area contributed by atoms with E-state index in [1.165, 1.54) is 0 Å². The van der Waals surface area contributed by atoms with E-state index in [1.807, 2.05) is 19.2 Å². The van der Waals surface area contributed by atoms with Gasteiger partial charge in [-0.1, -0.05) is 12.2 Å². The number of hydrogen-bond donors (Lipinski definition) is 1. The van der Waals surface area contributed by atoms with Crippen molar-refractivity contribution in [3.63, 3.8) is 0 Å². The van der Waals surface area contributed by atoms with Gasteiger partial charge >= 0.3 is 0 Å². The summed E-state index contributed by atoms with van der Waals surface area (Å²) in [6.07, 6.45) is 2.68. The molecule has 0 radical (unpaired) electrons. The Morgan fingerprint density at radius 2 is 2.31 bits per heavy atom. The molecule has 88 valence electrons. The molecule has 1 aromatic heterocycles. The van der Waals surface area contributed by atoms with E-state index in [0.29, 0.717) is 4.99 Å². The van der Waals surface area contributed by atoms with Gasteiger partial charge in [-0.25, -0.2) is 4.98 Å². The van der Waals surface area contributed by atoms with Gasteiger partial charge in [-0.2, -0.15) is 0 Å². The van der Waals surface area contributed by atoms with Gasteiger partial charge in [0.1, 0.15) is 10.8 Å². The molecule has 0 aliphatic carbocycles. The predicted octanol–water partition coefficient (Wildman–Crippen LogP) is 1.19. The lowest BCUT2D eigenvalue weighted by Crippen LogP contribution is -2.21. The number of pyridine rings is 1. The number of thiocarbonyl (C=S) groups is 1. The molecule has 0 spiro atoms. The highest BCUT2D eigenvalue weighted by Crippen LogP contribution is 2.09. The van der Waals surface area contributed by atoms with Crippen LogP contribution in [0.15, 0.2) is 18.3 Å². The largest absolute Gasteiger partial charge is 0.389 e. The number of ether oxygens (including phenoxy) is 1. The minimum absolute atomic E-state index is 0.376. The summed E-state index contributed by atoms with van der Waals surface area (Å²) in [4.78, 5) is 6.74. The second-order valence-corrected chi connectivity index (χ2v) is 3.98. The van der Waals surface area contributed by atoms with Gasteiger partial charge < -0.3 is 15.4 Å². The standard InChI is InChI=1S/C11H17N3OS/c1-14(6-3-7-15-2)10-5-4-9(8-13-10)11(12)16/h4-5,8H,3,6-7H2,1-2H3,(H2,12,16). The quantitative estimate of drug-likeness (QED) is 0.597. The minimum atomic E-state index is 0.376. The summed E-state index contributed by atoms with van der Waals surface area (Å²) in [5.41, 5.74) is 6.29. The molecule has 0 aliphatic rings. The van der Waals surface area contributed by atoms with Gasteiger partial charge in [0.25, 0.3) is 0 Å². The van der Waals surface area contributed by atoms with E-state index in [0.717, 1.165) is 31.0 Å². The van der Waals surface area contributed by atoms with Crippen LogP contribution in [-0.2, 0) is 4.74 Å². The van der Waals surface area contributed by atoms with Crippen LogP contribution in [0.5, 0.6) is 0 Å². The number of nitrogens with two attached hydrogens (primary N) is 1. The van der Waals surface area contributed by atoms with Gasteiger partial charge in [0.05, 0.1) is 0 Å². The molecule has 0 saturated heterocycles. The SMILES string of the molecule is COCCCN(C)c1ccc(C(N)=S)cn1. The van der Waals surface area contributed by atoms with Crippen LogP contribution in [0.3, 0.4) is 0 Å². The second-order valence-electron chi connectivity index (χ2n) is 3.54. The maximum atomic E-state index is 5.50. The van der Waals surface area contributed by atoms with Crippen molar-refractivity contribution in [2.24, 2.45) is 5.73 Å².